The molecule has 9 heteroatoms. The van der Waals surface area contributed by atoms with Crippen LogP contribution in [-0.4, -0.2) is 29.3 Å². The van der Waals surface area contributed by atoms with Crippen LogP contribution in [0.2, 0.25) is 5.02 Å². The Morgan fingerprint density at radius 2 is 1.89 bits per heavy atom. The van der Waals surface area contributed by atoms with E-state index in [1.165, 1.54) is 16.7 Å². The molecular weight excluding hydrogens is 516 g/mol. The Morgan fingerprint density at radius 1 is 1.08 bits per heavy atom. The summed E-state index contributed by atoms with van der Waals surface area (Å²) >= 11 is 12.7. The summed E-state index contributed by atoms with van der Waals surface area (Å²) in [6.07, 6.45) is 1.75. The molecule has 0 saturated carbocycles. The fourth-order valence-corrected chi connectivity index (χ4v) is 5.01. The van der Waals surface area contributed by atoms with Crippen molar-refractivity contribution in [3.8, 4) is 11.5 Å². The van der Waals surface area contributed by atoms with Crippen molar-refractivity contribution in [1.29, 1.82) is 0 Å². The van der Waals surface area contributed by atoms with Gasteiger partial charge in [-0.3, -0.25) is 14.5 Å². The lowest BCUT2D eigenvalue weighted by Gasteiger charge is -2.14. The average molecular weight is 539 g/mol. The molecule has 0 atom stereocenters. The SMILES string of the molecule is CCOc1cc(/C=C2\SC(=S)N(c3cccc(Cl)c3)C2=O)ccc1OCC(=O)Nc1cccc(C)c1. The van der Waals surface area contributed by atoms with Gasteiger partial charge in [-0.2, -0.15) is 0 Å². The van der Waals surface area contributed by atoms with Crippen molar-refractivity contribution in [2.45, 2.75) is 13.8 Å². The van der Waals surface area contributed by atoms with E-state index in [1.807, 2.05) is 38.1 Å². The van der Waals surface area contributed by atoms with Gasteiger partial charge in [0.25, 0.3) is 11.8 Å². The van der Waals surface area contributed by atoms with Gasteiger partial charge in [-0.05, 0) is 73.5 Å². The molecule has 184 valence electrons. The molecular formula is C27H23ClN2O4S2. The molecule has 0 aliphatic carbocycles. The summed E-state index contributed by atoms with van der Waals surface area (Å²) in [4.78, 5) is 27.4. The van der Waals surface area contributed by atoms with E-state index in [0.29, 0.717) is 43.7 Å². The Hall–Kier alpha value is -3.33. The van der Waals surface area contributed by atoms with E-state index >= 15 is 0 Å². The molecule has 1 saturated heterocycles. The molecule has 0 unspecified atom stereocenters. The predicted octanol–water partition coefficient (Wildman–Crippen LogP) is 6.47. The molecule has 0 spiro atoms. The van der Waals surface area contributed by atoms with Crippen LogP contribution in [0, 0.1) is 6.92 Å². The van der Waals surface area contributed by atoms with E-state index in [0.717, 1.165) is 11.1 Å². The minimum atomic E-state index is -0.281. The van der Waals surface area contributed by atoms with Crippen molar-refractivity contribution >= 4 is 69.2 Å². The van der Waals surface area contributed by atoms with Crippen LogP contribution in [-0.2, 0) is 9.59 Å². The molecule has 1 N–H and O–H groups in total. The van der Waals surface area contributed by atoms with Crippen LogP contribution in [0.5, 0.6) is 11.5 Å². The molecule has 1 aliphatic rings. The van der Waals surface area contributed by atoms with Crippen molar-refractivity contribution in [2.24, 2.45) is 0 Å². The van der Waals surface area contributed by atoms with Crippen LogP contribution in [0.15, 0.2) is 71.6 Å². The molecule has 1 aliphatic heterocycles. The lowest BCUT2D eigenvalue weighted by molar-refractivity contribution is -0.118. The number of carbonyl (C=O) groups is 2. The summed E-state index contributed by atoms with van der Waals surface area (Å²) in [6.45, 7) is 4.05. The number of nitrogens with one attached hydrogen (secondary N) is 1. The maximum absolute atomic E-state index is 13.1. The molecule has 1 heterocycles. The Labute approximate surface area is 224 Å². The summed E-state index contributed by atoms with van der Waals surface area (Å²) in [5, 5.41) is 3.34. The van der Waals surface area contributed by atoms with Crippen molar-refractivity contribution in [1.82, 2.24) is 0 Å². The highest BCUT2D eigenvalue weighted by Crippen LogP contribution is 2.38. The lowest BCUT2D eigenvalue weighted by Crippen LogP contribution is -2.27. The Kier molecular flexibility index (Phi) is 8.30. The largest absolute Gasteiger partial charge is 0.490 e. The zero-order valence-corrected chi connectivity index (χ0v) is 22.0. The minimum absolute atomic E-state index is 0.175. The van der Waals surface area contributed by atoms with Gasteiger partial charge in [-0.1, -0.05) is 59.8 Å². The van der Waals surface area contributed by atoms with Crippen molar-refractivity contribution in [3.05, 3.63) is 87.8 Å². The summed E-state index contributed by atoms with van der Waals surface area (Å²) < 4.78 is 11.9. The second kappa shape index (κ2) is 11.6. The summed E-state index contributed by atoms with van der Waals surface area (Å²) in [7, 11) is 0. The molecule has 2 amide bonds. The van der Waals surface area contributed by atoms with Crippen LogP contribution in [0.1, 0.15) is 18.1 Å². The molecule has 1 fully saturated rings. The quantitative estimate of drug-likeness (QED) is 0.262. The maximum Gasteiger partial charge on any atom is 0.270 e. The van der Waals surface area contributed by atoms with E-state index < -0.39 is 0 Å². The fraction of sp³-hybridized carbons (Fsp3) is 0.148. The number of benzene rings is 3. The average Bonchev–Trinajstić information content (AvgIpc) is 3.11. The Morgan fingerprint density at radius 3 is 2.64 bits per heavy atom. The molecule has 3 aromatic rings. The smallest absolute Gasteiger partial charge is 0.270 e. The number of thioether (sulfide) groups is 1. The first-order valence-electron chi connectivity index (χ1n) is 11.1. The van der Waals surface area contributed by atoms with Gasteiger partial charge in [-0.25, -0.2) is 0 Å². The van der Waals surface area contributed by atoms with Gasteiger partial charge >= 0.3 is 0 Å². The van der Waals surface area contributed by atoms with Gasteiger partial charge in [0.15, 0.2) is 22.4 Å². The van der Waals surface area contributed by atoms with Crippen LogP contribution in [0.25, 0.3) is 6.08 Å². The molecule has 6 nitrogen and oxygen atoms in total. The number of nitrogens with zero attached hydrogens (tertiary/aromatic N) is 1. The van der Waals surface area contributed by atoms with Gasteiger partial charge < -0.3 is 14.8 Å². The third-order valence-electron chi connectivity index (χ3n) is 5.09. The molecule has 36 heavy (non-hydrogen) atoms. The van der Waals surface area contributed by atoms with E-state index in [-0.39, 0.29) is 18.4 Å². The predicted molar refractivity (Wildman–Crippen MR) is 150 cm³/mol. The molecule has 3 aromatic carbocycles. The Balaban J connectivity index is 1.48. The summed E-state index contributed by atoms with van der Waals surface area (Å²) in [5.74, 6) is 0.398. The van der Waals surface area contributed by atoms with Crippen molar-refractivity contribution in [2.75, 3.05) is 23.4 Å². The van der Waals surface area contributed by atoms with Crippen LogP contribution < -0.4 is 19.7 Å². The fourth-order valence-electron chi connectivity index (χ4n) is 3.52. The summed E-state index contributed by atoms with van der Waals surface area (Å²) in [6, 6.07) is 19.8. The number of rotatable bonds is 8. The number of ether oxygens (including phenoxy) is 2. The van der Waals surface area contributed by atoms with Crippen molar-refractivity contribution in [3.63, 3.8) is 0 Å². The maximum atomic E-state index is 13.1. The molecule has 0 aromatic heterocycles. The van der Waals surface area contributed by atoms with E-state index in [2.05, 4.69) is 5.32 Å². The monoisotopic (exact) mass is 538 g/mol. The van der Waals surface area contributed by atoms with Crippen LogP contribution in [0.3, 0.4) is 0 Å². The number of thiocarbonyl (C=S) groups is 1. The second-order valence-corrected chi connectivity index (χ2v) is 9.95. The number of anilines is 2. The first-order valence-corrected chi connectivity index (χ1v) is 12.7. The standard InChI is InChI=1S/C27H23ClN2O4S2/c1-3-33-23-13-18(10-11-22(23)34-16-25(31)29-20-8-4-6-17(2)12-20)14-24-26(32)30(27(35)36-24)21-9-5-7-19(28)15-21/h4-15H,3,16H2,1-2H3,(H,29,31)/b24-14-. The van der Waals surface area contributed by atoms with Gasteiger partial charge in [-0.15, -0.1) is 0 Å². The highest BCUT2D eigenvalue weighted by molar-refractivity contribution is 8.27. The topological polar surface area (TPSA) is 67.9 Å². The number of hydrogen-bond acceptors (Lipinski definition) is 6. The number of halogens is 1. The Bertz CT molecular complexity index is 1360. The first-order chi connectivity index (χ1) is 17.3. The third kappa shape index (κ3) is 6.26. The second-order valence-electron chi connectivity index (χ2n) is 7.84. The van der Waals surface area contributed by atoms with Crippen LogP contribution in [0.4, 0.5) is 11.4 Å². The number of hydrogen-bond donors (Lipinski definition) is 1. The number of carbonyl (C=O) groups excluding carboxylic acids is 2. The van der Waals surface area contributed by atoms with E-state index in [4.69, 9.17) is 33.3 Å². The molecule has 0 radical (unpaired) electrons. The normalized spacial score (nSPS) is 14.3. The lowest BCUT2D eigenvalue weighted by atomic mass is 10.1. The number of aryl methyl sites for hydroxylation is 1. The molecule has 0 bridgehead atoms. The first kappa shape index (κ1) is 25.8. The van der Waals surface area contributed by atoms with Gasteiger partial charge in [0, 0.05) is 10.7 Å². The van der Waals surface area contributed by atoms with Gasteiger partial charge in [0.1, 0.15) is 0 Å². The van der Waals surface area contributed by atoms with Crippen LogP contribution >= 0.6 is 35.6 Å². The highest BCUT2D eigenvalue weighted by atomic mass is 35.5. The zero-order valence-electron chi connectivity index (χ0n) is 19.6. The van der Waals surface area contributed by atoms with Crippen molar-refractivity contribution < 1.29 is 19.1 Å². The van der Waals surface area contributed by atoms with Gasteiger partial charge in [0.05, 0.1) is 17.2 Å². The minimum Gasteiger partial charge on any atom is -0.490 e. The zero-order chi connectivity index (χ0) is 25.7. The van der Waals surface area contributed by atoms with E-state index in [9.17, 15) is 9.59 Å². The van der Waals surface area contributed by atoms with Gasteiger partial charge in [0.2, 0.25) is 0 Å². The highest BCUT2D eigenvalue weighted by Gasteiger charge is 2.33. The third-order valence-corrected chi connectivity index (χ3v) is 6.62. The van der Waals surface area contributed by atoms with E-state index in [1.54, 1.807) is 48.5 Å². The molecule has 4 rings (SSSR count). The summed E-state index contributed by atoms with van der Waals surface area (Å²) in [5.41, 5.74) is 3.11. The number of amides is 2.